The van der Waals surface area contributed by atoms with Crippen molar-refractivity contribution in [1.29, 1.82) is 0 Å². The molecule has 0 heterocycles. The molecule has 1 amide bonds. The van der Waals surface area contributed by atoms with Gasteiger partial charge in [-0.25, -0.2) is 4.79 Å². The summed E-state index contributed by atoms with van der Waals surface area (Å²) in [6, 6.07) is 17.6. The van der Waals surface area contributed by atoms with Gasteiger partial charge in [0.15, 0.2) is 0 Å². The predicted molar refractivity (Wildman–Crippen MR) is 112 cm³/mol. The Kier molecular flexibility index (Phi) is 9.42. The van der Waals surface area contributed by atoms with Crippen molar-refractivity contribution in [3.63, 3.8) is 0 Å². The molecule has 4 N–H and O–H groups in total. The average molecular weight is 369 g/mol. The smallest absolute Gasteiger partial charge is 0.404 e. The van der Waals surface area contributed by atoms with Gasteiger partial charge in [-0.1, -0.05) is 61.4 Å². The highest BCUT2D eigenvalue weighted by molar-refractivity contribution is 5.64. The first-order chi connectivity index (χ1) is 13.2. The summed E-state index contributed by atoms with van der Waals surface area (Å²) in [6.07, 6.45) is 7.87. The van der Waals surface area contributed by atoms with Crippen molar-refractivity contribution in [2.45, 2.75) is 51.4 Å². The summed E-state index contributed by atoms with van der Waals surface area (Å²) in [4.78, 5) is 10.4. The molecule has 0 atom stereocenters. The largest absolute Gasteiger partial charge is 0.465 e. The summed E-state index contributed by atoms with van der Waals surface area (Å²) in [5, 5.41) is 10.9. The Balaban J connectivity index is 1.76. The van der Waals surface area contributed by atoms with E-state index in [1.807, 2.05) is 0 Å². The molecule has 27 heavy (non-hydrogen) atoms. The number of aryl methyl sites for hydroxylation is 2. The number of unbranched alkanes of at least 4 members (excludes halogenated alkanes) is 4. The standard InChI is InChI=1S/C23H32N2O2/c24-17-5-2-1-3-7-19-9-13-21(14-10-19)22-15-11-20(12-16-22)8-4-6-18-25-23(26)27/h9-16,25H,1-8,17-18,24H2,(H,26,27). The number of hydrogen-bond acceptors (Lipinski definition) is 2. The zero-order valence-electron chi connectivity index (χ0n) is 16.1. The van der Waals surface area contributed by atoms with Crippen LogP contribution in [0.2, 0.25) is 0 Å². The Morgan fingerprint density at radius 2 is 1.22 bits per heavy atom. The minimum Gasteiger partial charge on any atom is -0.465 e. The van der Waals surface area contributed by atoms with E-state index >= 15 is 0 Å². The van der Waals surface area contributed by atoms with Crippen LogP contribution in [-0.2, 0) is 12.8 Å². The van der Waals surface area contributed by atoms with Crippen molar-refractivity contribution < 1.29 is 9.90 Å². The number of amides is 1. The van der Waals surface area contributed by atoms with Gasteiger partial charge in [0.05, 0.1) is 0 Å². The molecule has 4 heteroatoms. The van der Waals surface area contributed by atoms with E-state index in [-0.39, 0.29) is 0 Å². The lowest BCUT2D eigenvalue weighted by atomic mass is 9.99. The van der Waals surface area contributed by atoms with E-state index < -0.39 is 6.09 Å². The topological polar surface area (TPSA) is 75.3 Å². The molecule has 0 aliphatic carbocycles. The molecule has 0 unspecified atom stereocenters. The summed E-state index contributed by atoms with van der Waals surface area (Å²) in [7, 11) is 0. The normalized spacial score (nSPS) is 10.7. The van der Waals surface area contributed by atoms with Crippen LogP contribution in [0.4, 0.5) is 4.79 Å². The summed E-state index contributed by atoms with van der Waals surface area (Å²) < 4.78 is 0. The van der Waals surface area contributed by atoms with Crippen LogP contribution < -0.4 is 11.1 Å². The van der Waals surface area contributed by atoms with Crippen molar-refractivity contribution in [1.82, 2.24) is 5.32 Å². The van der Waals surface area contributed by atoms with E-state index in [0.29, 0.717) is 6.54 Å². The van der Waals surface area contributed by atoms with E-state index in [1.165, 1.54) is 41.5 Å². The maximum atomic E-state index is 10.4. The van der Waals surface area contributed by atoms with Crippen LogP contribution in [0.3, 0.4) is 0 Å². The van der Waals surface area contributed by atoms with Crippen molar-refractivity contribution >= 4 is 6.09 Å². The van der Waals surface area contributed by atoms with Crippen molar-refractivity contribution in [2.75, 3.05) is 13.1 Å². The first-order valence-electron chi connectivity index (χ1n) is 10.0. The number of nitrogens with one attached hydrogen (secondary N) is 1. The van der Waals surface area contributed by atoms with E-state index in [9.17, 15) is 4.79 Å². The highest BCUT2D eigenvalue weighted by Crippen LogP contribution is 2.21. The SMILES string of the molecule is NCCCCCCc1ccc(-c2ccc(CCCCNC(=O)O)cc2)cc1. The summed E-state index contributed by atoms with van der Waals surface area (Å²) in [5.74, 6) is 0. The van der Waals surface area contributed by atoms with Gasteiger partial charge < -0.3 is 16.2 Å². The molecule has 2 aromatic carbocycles. The number of carboxylic acid groups (broad SMARTS) is 1. The molecule has 2 aromatic rings. The quantitative estimate of drug-likeness (QED) is 0.461. The molecule has 2 rings (SSSR count). The molecule has 0 bridgehead atoms. The zero-order valence-corrected chi connectivity index (χ0v) is 16.1. The highest BCUT2D eigenvalue weighted by atomic mass is 16.4. The predicted octanol–water partition coefficient (Wildman–Crippen LogP) is 5.01. The fraction of sp³-hybridized carbons (Fsp3) is 0.435. The van der Waals surface area contributed by atoms with Crippen LogP contribution >= 0.6 is 0 Å². The number of rotatable bonds is 12. The van der Waals surface area contributed by atoms with E-state index in [0.717, 1.165) is 38.6 Å². The average Bonchev–Trinajstić information content (AvgIpc) is 2.68. The molecule has 0 fully saturated rings. The first-order valence-corrected chi connectivity index (χ1v) is 10.0. The van der Waals surface area contributed by atoms with Crippen LogP contribution in [0.5, 0.6) is 0 Å². The highest BCUT2D eigenvalue weighted by Gasteiger charge is 2.01. The fourth-order valence-electron chi connectivity index (χ4n) is 3.20. The Morgan fingerprint density at radius 1 is 0.741 bits per heavy atom. The van der Waals surface area contributed by atoms with Crippen LogP contribution in [0.25, 0.3) is 11.1 Å². The third kappa shape index (κ3) is 8.27. The fourth-order valence-corrected chi connectivity index (χ4v) is 3.20. The van der Waals surface area contributed by atoms with Gasteiger partial charge >= 0.3 is 6.09 Å². The minimum absolute atomic E-state index is 0.521. The molecule has 146 valence electrons. The number of carbonyl (C=O) groups is 1. The summed E-state index contributed by atoms with van der Waals surface area (Å²) in [6.45, 7) is 1.32. The number of nitrogens with two attached hydrogens (primary N) is 1. The Hall–Kier alpha value is -2.33. The molecule has 0 aliphatic heterocycles. The third-order valence-electron chi connectivity index (χ3n) is 4.83. The zero-order chi connectivity index (χ0) is 19.3. The van der Waals surface area contributed by atoms with Gasteiger partial charge in [-0.15, -0.1) is 0 Å². The van der Waals surface area contributed by atoms with Gasteiger partial charge in [-0.3, -0.25) is 0 Å². The molecule has 0 spiro atoms. The molecule has 0 radical (unpaired) electrons. The number of hydrogen-bond donors (Lipinski definition) is 3. The summed E-state index contributed by atoms with van der Waals surface area (Å²) >= 11 is 0. The second kappa shape index (κ2) is 12.1. The second-order valence-corrected chi connectivity index (χ2v) is 7.04. The van der Waals surface area contributed by atoms with Gasteiger partial charge in [0.2, 0.25) is 0 Å². The van der Waals surface area contributed by atoms with Crippen LogP contribution in [0.15, 0.2) is 48.5 Å². The van der Waals surface area contributed by atoms with E-state index in [2.05, 4.69) is 53.8 Å². The van der Waals surface area contributed by atoms with Gasteiger partial charge in [0.25, 0.3) is 0 Å². The molecule has 0 saturated carbocycles. The first kappa shape index (κ1) is 21.0. The Labute approximate surface area is 162 Å². The third-order valence-corrected chi connectivity index (χ3v) is 4.83. The Bertz CT molecular complexity index is 666. The van der Waals surface area contributed by atoms with Crippen LogP contribution in [-0.4, -0.2) is 24.3 Å². The van der Waals surface area contributed by atoms with E-state index in [1.54, 1.807) is 0 Å². The maximum Gasteiger partial charge on any atom is 0.404 e. The van der Waals surface area contributed by atoms with Crippen molar-refractivity contribution in [2.24, 2.45) is 5.73 Å². The van der Waals surface area contributed by atoms with Crippen LogP contribution in [0, 0.1) is 0 Å². The molecule has 4 nitrogen and oxygen atoms in total. The second-order valence-electron chi connectivity index (χ2n) is 7.04. The molecule has 0 aliphatic rings. The van der Waals surface area contributed by atoms with Crippen molar-refractivity contribution in [3.05, 3.63) is 59.7 Å². The minimum atomic E-state index is -0.947. The van der Waals surface area contributed by atoms with Gasteiger partial charge in [0, 0.05) is 6.54 Å². The lowest BCUT2D eigenvalue weighted by molar-refractivity contribution is 0.194. The van der Waals surface area contributed by atoms with Crippen molar-refractivity contribution in [3.8, 4) is 11.1 Å². The Morgan fingerprint density at radius 3 is 1.70 bits per heavy atom. The molecule has 0 aromatic heterocycles. The molecular formula is C23H32N2O2. The van der Waals surface area contributed by atoms with Gasteiger partial charge in [0.1, 0.15) is 0 Å². The molecule has 0 saturated heterocycles. The lowest BCUT2D eigenvalue weighted by Crippen LogP contribution is -2.21. The van der Waals surface area contributed by atoms with Crippen LogP contribution in [0.1, 0.15) is 49.7 Å². The molecular weight excluding hydrogens is 336 g/mol. The lowest BCUT2D eigenvalue weighted by Gasteiger charge is -2.07. The maximum absolute atomic E-state index is 10.4. The summed E-state index contributed by atoms with van der Waals surface area (Å²) in [5.41, 5.74) is 10.7. The van der Waals surface area contributed by atoms with Gasteiger partial charge in [-0.05, 0) is 67.3 Å². The monoisotopic (exact) mass is 368 g/mol. The number of benzene rings is 2. The van der Waals surface area contributed by atoms with E-state index in [4.69, 9.17) is 10.8 Å². The van der Waals surface area contributed by atoms with Gasteiger partial charge in [-0.2, -0.15) is 0 Å².